The molecule has 0 bridgehead atoms. The van der Waals surface area contributed by atoms with Crippen LogP contribution in [0.25, 0.3) is 5.69 Å². The second kappa shape index (κ2) is 5.67. The Kier molecular flexibility index (Phi) is 3.55. The van der Waals surface area contributed by atoms with Crippen LogP contribution in [-0.2, 0) is 0 Å². The molecule has 3 N–H and O–H groups in total. The maximum Gasteiger partial charge on any atom is 0.373 e. The number of aromatic carboxylic acids is 1. The van der Waals surface area contributed by atoms with Crippen molar-refractivity contribution in [2.24, 2.45) is 10.2 Å². The Bertz CT molecular complexity index is 936. The Morgan fingerprint density at radius 3 is 2.65 bits per heavy atom. The average molecular weight is 313 g/mol. The van der Waals surface area contributed by atoms with Crippen LogP contribution >= 0.6 is 0 Å². The number of para-hydroxylation sites is 1. The molecule has 3 aromatic rings. The lowest BCUT2D eigenvalue weighted by atomic mass is 10.3. The average Bonchev–Trinajstić information content (AvgIpc) is 3.12. The number of aromatic amines is 2. The minimum atomic E-state index is -1.26. The fourth-order valence-electron chi connectivity index (χ4n) is 1.90. The molecule has 0 fully saturated rings. The topological polar surface area (TPSA) is 141 Å². The lowest BCUT2D eigenvalue weighted by Crippen LogP contribution is -2.13. The summed E-state index contributed by atoms with van der Waals surface area (Å²) in [4.78, 5) is 26.7. The molecule has 10 heteroatoms. The Morgan fingerprint density at radius 2 is 2.00 bits per heavy atom. The van der Waals surface area contributed by atoms with Gasteiger partial charge in [-0.2, -0.15) is 4.98 Å². The molecule has 1 aromatic carbocycles. The van der Waals surface area contributed by atoms with Gasteiger partial charge in [0.15, 0.2) is 5.69 Å². The molecular formula is C13H11N7O3. The van der Waals surface area contributed by atoms with Gasteiger partial charge in [0.2, 0.25) is 5.82 Å². The van der Waals surface area contributed by atoms with Gasteiger partial charge < -0.3 is 5.11 Å². The van der Waals surface area contributed by atoms with Crippen LogP contribution in [0.3, 0.4) is 0 Å². The zero-order chi connectivity index (χ0) is 16.4. The van der Waals surface area contributed by atoms with E-state index in [1.165, 1.54) is 4.68 Å². The van der Waals surface area contributed by atoms with E-state index in [2.05, 4.69) is 30.5 Å². The standard InChI is InChI=1S/C13H11N7O3/c1-7-9(15-17-13-14-10(12(22)23)16-18-13)11(21)20(19-7)8-5-3-2-4-6-8/h2-6,19H,1H3,(H,22,23)(H,14,16,18). The largest absolute Gasteiger partial charge is 0.475 e. The maximum atomic E-state index is 12.4. The van der Waals surface area contributed by atoms with E-state index in [-0.39, 0.29) is 23.0 Å². The van der Waals surface area contributed by atoms with Crippen LogP contribution in [0.1, 0.15) is 16.3 Å². The third kappa shape index (κ3) is 2.77. The van der Waals surface area contributed by atoms with Crippen molar-refractivity contribution in [2.45, 2.75) is 6.92 Å². The number of rotatable bonds is 4. The predicted octanol–water partition coefficient (Wildman–Crippen LogP) is 1.71. The van der Waals surface area contributed by atoms with Crippen LogP contribution in [-0.4, -0.2) is 36.0 Å². The number of azo groups is 1. The third-order valence-corrected chi connectivity index (χ3v) is 2.97. The van der Waals surface area contributed by atoms with Gasteiger partial charge in [-0.3, -0.25) is 15.0 Å². The van der Waals surface area contributed by atoms with Crippen molar-refractivity contribution < 1.29 is 9.90 Å². The summed E-state index contributed by atoms with van der Waals surface area (Å²) in [5.41, 5.74) is 0.881. The molecular weight excluding hydrogens is 302 g/mol. The molecule has 3 rings (SSSR count). The van der Waals surface area contributed by atoms with Gasteiger partial charge >= 0.3 is 5.97 Å². The molecule has 0 saturated heterocycles. The normalized spacial score (nSPS) is 11.2. The van der Waals surface area contributed by atoms with E-state index in [0.29, 0.717) is 11.4 Å². The molecule has 0 aliphatic heterocycles. The highest BCUT2D eigenvalue weighted by Gasteiger charge is 2.13. The van der Waals surface area contributed by atoms with Crippen molar-refractivity contribution in [3.05, 3.63) is 52.2 Å². The number of nitrogens with one attached hydrogen (secondary N) is 2. The molecule has 0 atom stereocenters. The van der Waals surface area contributed by atoms with Crippen LogP contribution in [0.5, 0.6) is 0 Å². The van der Waals surface area contributed by atoms with Crippen molar-refractivity contribution in [3.63, 3.8) is 0 Å². The number of hydrogen-bond donors (Lipinski definition) is 3. The number of H-pyrrole nitrogens is 2. The number of aryl methyl sites for hydroxylation is 1. The number of benzene rings is 1. The van der Waals surface area contributed by atoms with Crippen LogP contribution < -0.4 is 5.56 Å². The SMILES string of the molecule is Cc1[nH]n(-c2ccccc2)c(=O)c1N=Nc1n[nH]c(C(=O)O)n1. The summed E-state index contributed by atoms with van der Waals surface area (Å²) in [7, 11) is 0. The van der Waals surface area contributed by atoms with Crippen molar-refractivity contribution >= 4 is 17.6 Å². The van der Waals surface area contributed by atoms with E-state index in [9.17, 15) is 9.59 Å². The second-order valence-corrected chi connectivity index (χ2v) is 4.55. The highest BCUT2D eigenvalue weighted by Crippen LogP contribution is 2.16. The monoisotopic (exact) mass is 313 g/mol. The van der Waals surface area contributed by atoms with Crippen LogP contribution in [0.2, 0.25) is 0 Å². The highest BCUT2D eigenvalue weighted by molar-refractivity contribution is 5.83. The lowest BCUT2D eigenvalue weighted by molar-refractivity contribution is 0.0684. The van der Waals surface area contributed by atoms with Gasteiger partial charge in [-0.1, -0.05) is 18.2 Å². The zero-order valence-electron chi connectivity index (χ0n) is 11.9. The van der Waals surface area contributed by atoms with Gasteiger partial charge in [0.25, 0.3) is 11.5 Å². The van der Waals surface area contributed by atoms with Crippen molar-refractivity contribution in [2.75, 3.05) is 0 Å². The van der Waals surface area contributed by atoms with E-state index >= 15 is 0 Å². The molecule has 23 heavy (non-hydrogen) atoms. The molecule has 2 heterocycles. The first-order chi connectivity index (χ1) is 11.1. The molecule has 0 aliphatic carbocycles. The fourth-order valence-corrected chi connectivity index (χ4v) is 1.90. The molecule has 0 aliphatic rings. The van der Waals surface area contributed by atoms with Crippen molar-refractivity contribution in [3.8, 4) is 5.69 Å². The minimum absolute atomic E-state index is 0.0931. The number of aromatic nitrogens is 5. The first-order valence-corrected chi connectivity index (χ1v) is 6.50. The summed E-state index contributed by atoms with van der Waals surface area (Å²) in [5.74, 6) is -1.79. The van der Waals surface area contributed by atoms with E-state index < -0.39 is 5.97 Å². The highest BCUT2D eigenvalue weighted by atomic mass is 16.4. The summed E-state index contributed by atoms with van der Waals surface area (Å²) >= 11 is 0. The summed E-state index contributed by atoms with van der Waals surface area (Å²) in [5, 5.41) is 24.9. The minimum Gasteiger partial charge on any atom is -0.475 e. The summed E-state index contributed by atoms with van der Waals surface area (Å²) in [6.07, 6.45) is 0. The Hall–Kier alpha value is -3.56. The zero-order valence-corrected chi connectivity index (χ0v) is 11.9. The van der Waals surface area contributed by atoms with E-state index in [4.69, 9.17) is 5.11 Å². The molecule has 0 amide bonds. The van der Waals surface area contributed by atoms with Gasteiger partial charge in [-0.15, -0.1) is 15.3 Å². The Morgan fingerprint density at radius 1 is 1.26 bits per heavy atom. The Balaban J connectivity index is 1.94. The van der Waals surface area contributed by atoms with Crippen molar-refractivity contribution in [1.82, 2.24) is 25.0 Å². The summed E-state index contributed by atoms with van der Waals surface area (Å²) in [6.45, 7) is 1.68. The maximum absolute atomic E-state index is 12.4. The molecule has 0 radical (unpaired) electrons. The summed E-state index contributed by atoms with van der Waals surface area (Å²) < 4.78 is 1.34. The quantitative estimate of drug-likeness (QED) is 0.628. The number of hydrogen-bond acceptors (Lipinski definition) is 6. The molecule has 116 valence electrons. The van der Waals surface area contributed by atoms with Gasteiger partial charge in [0.1, 0.15) is 0 Å². The van der Waals surface area contributed by atoms with E-state index in [0.717, 1.165) is 0 Å². The number of carboxylic acid groups (broad SMARTS) is 1. The first kappa shape index (κ1) is 14.4. The van der Waals surface area contributed by atoms with Gasteiger partial charge in [0.05, 0.1) is 11.4 Å². The van der Waals surface area contributed by atoms with Crippen molar-refractivity contribution in [1.29, 1.82) is 0 Å². The van der Waals surface area contributed by atoms with Gasteiger partial charge in [-0.25, -0.2) is 9.48 Å². The number of carboxylic acids is 1. The smallest absolute Gasteiger partial charge is 0.373 e. The van der Waals surface area contributed by atoms with Gasteiger partial charge in [-0.05, 0) is 19.1 Å². The molecule has 2 aromatic heterocycles. The van der Waals surface area contributed by atoms with Gasteiger partial charge in [0, 0.05) is 0 Å². The van der Waals surface area contributed by atoms with Crippen LogP contribution in [0.4, 0.5) is 11.6 Å². The number of nitrogens with zero attached hydrogens (tertiary/aromatic N) is 5. The van der Waals surface area contributed by atoms with E-state index in [1.807, 2.05) is 6.07 Å². The fraction of sp³-hybridized carbons (Fsp3) is 0.0769. The molecule has 0 unspecified atom stereocenters. The number of carbonyl (C=O) groups is 1. The first-order valence-electron chi connectivity index (χ1n) is 6.50. The second-order valence-electron chi connectivity index (χ2n) is 4.55. The lowest BCUT2D eigenvalue weighted by Gasteiger charge is -1.99. The third-order valence-electron chi connectivity index (χ3n) is 2.97. The van der Waals surface area contributed by atoms with Crippen LogP contribution in [0, 0.1) is 6.92 Å². The molecule has 10 nitrogen and oxygen atoms in total. The molecule has 0 saturated carbocycles. The Labute approximate surface area is 128 Å². The predicted molar refractivity (Wildman–Crippen MR) is 78.6 cm³/mol. The van der Waals surface area contributed by atoms with E-state index in [1.54, 1.807) is 31.2 Å². The van der Waals surface area contributed by atoms with Crippen LogP contribution in [0.15, 0.2) is 45.4 Å². The molecule has 0 spiro atoms. The summed E-state index contributed by atoms with van der Waals surface area (Å²) in [6, 6.07) is 8.99.